The molecule has 0 aliphatic heterocycles. The Morgan fingerprint density at radius 1 is 0.977 bits per heavy atom. The van der Waals surface area contributed by atoms with Crippen molar-refractivity contribution >= 4 is 51.9 Å². The summed E-state index contributed by atoms with van der Waals surface area (Å²) in [5.41, 5.74) is 4.55. The highest BCUT2D eigenvalue weighted by Gasteiger charge is 2.24. The van der Waals surface area contributed by atoms with Crippen LogP contribution in [0, 0.1) is 6.92 Å². The molecule has 1 amide bonds. The molecule has 7 nitrogen and oxygen atoms in total. The molecule has 0 saturated heterocycles. The molecule has 0 unspecified atom stereocenters. The maximum absolute atomic E-state index is 12.2. The van der Waals surface area contributed by atoms with Gasteiger partial charge in [-0.05, 0) is 49.6 Å². The third kappa shape index (κ3) is 12.4. The molecular weight excluding hydrogens is 617 g/mol. The number of ether oxygens (including phenoxy) is 2. The minimum Gasteiger partial charge on any atom is -0.416 e. The predicted octanol–water partition coefficient (Wildman–Crippen LogP) is 9.55. The van der Waals surface area contributed by atoms with E-state index in [2.05, 4.69) is 30.1 Å². The summed E-state index contributed by atoms with van der Waals surface area (Å²) < 4.78 is 10.6. The molecule has 3 rings (SSSR count). The summed E-state index contributed by atoms with van der Waals surface area (Å²) in [7, 11) is 1.64. The predicted molar refractivity (Wildman–Crippen MR) is 184 cm³/mol. The molecule has 1 heterocycles. The third-order valence-electron chi connectivity index (χ3n) is 6.86. The first-order chi connectivity index (χ1) is 21.3. The Bertz CT molecular complexity index is 1300. The van der Waals surface area contributed by atoms with Crippen LogP contribution in [0.5, 0.6) is 5.75 Å². The van der Waals surface area contributed by atoms with Gasteiger partial charge in [0.2, 0.25) is 5.91 Å². The third-order valence-corrected chi connectivity index (χ3v) is 8.09. The van der Waals surface area contributed by atoms with Crippen LogP contribution in [0.3, 0.4) is 0 Å². The van der Waals surface area contributed by atoms with Crippen molar-refractivity contribution < 1.29 is 19.1 Å². The highest BCUT2D eigenvalue weighted by molar-refractivity contribution is 8.13. The van der Waals surface area contributed by atoms with Crippen LogP contribution in [0.1, 0.15) is 70.4 Å². The van der Waals surface area contributed by atoms with Crippen LogP contribution in [-0.2, 0) is 16.0 Å². The van der Waals surface area contributed by atoms with E-state index in [1.165, 1.54) is 43.5 Å². The van der Waals surface area contributed by atoms with Crippen LogP contribution in [0.15, 0.2) is 54.6 Å². The van der Waals surface area contributed by atoms with E-state index in [1.54, 1.807) is 12.0 Å². The van der Waals surface area contributed by atoms with E-state index in [4.69, 9.17) is 32.7 Å². The molecule has 1 aromatic heterocycles. The van der Waals surface area contributed by atoms with Crippen LogP contribution in [0.4, 0.5) is 10.5 Å². The van der Waals surface area contributed by atoms with E-state index >= 15 is 0 Å². The number of alkyl halides is 1. The summed E-state index contributed by atoms with van der Waals surface area (Å²) in [5.74, 6) is 0.991. The van der Waals surface area contributed by atoms with Crippen LogP contribution >= 0.6 is 35.0 Å². The molecule has 0 radical (unpaired) electrons. The first-order valence-corrected chi connectivity index (χ1v) is 17.1. The number of thioether (sulfide) groups is 1. The van der Waals surface area contributed by atoms with E-state index < -0.39 is 0 Å². The average Bonchev–Trinajstić information content (AvgIpc) is 3.02. The molecule has 10 heteroatoms. The topological polar surface area (TPSA) is 81.6 Å². The van der Waals surface area contributed by atoms with Crippen molar-refractivity contribution in [2.24, 2.45) is 0 Å². The first kappa shape index (κ1) is 37.5. The Hall–Kier alpha value is -2.65. The number of hydrogen-bond acceptors (Lipinski definition) is 7. The number of amides is 1. The zero-order valence-corrected chi connectivity index (χ0v) is 28.8. The van der Waals surface area contributed by atoms with Crippen molar-refractivity contribution in [2.45, 2.75) is 78.7 Å². The quantitative estimate of drug-likeness (QED) is 0.0911. The van der Waals surface area contributed by atoms with Crippen molar-refractivity contribution in [3.8, 4) is 17.0 Å². The molecule has 0 fully saturated rings. The standard InChI is InChI=1S/C19H23ClN2O2S.C15H22ClNO2/c1-2-3-4-5-6-10-13-25-19(23)24-16-14-17(20)21-22-18(16)15-11-8-7-9-12-15;1-5-13-8-6-7-11(2)15(13)17(14(18)9-16)12(3)10-19-4/h7-9,11-12,14H,2-6,10,13H2,1H3;6-8,12H,5,9-10H2,1-4H3/t;12-/m.0/s1. The fourth-order valence-corrected chi connectivity index (χ4v) is 5.63. The Labute approximate surface area is 277 Å². The SMILES string of the molecule is CCCCCCCCSC(=O)Oc1cc(Cl)nnc1-c1ccccc1.CCc1cccc(C)c1N(C(=O)CCl)[C@@H](C)COC. The molecule has 3 aromatic rings. The van der Waals surface area contributed by atoms with Gasteiger partial charge in [-0.15, -0.1) is 21.8 Å². The lowest BCUT2D eigenvalue weighted by atomic mass is 10.0. The summed E-state index contributed by atoms with van der Waals surface area (Å²) in [4.78, 5) is 26.0. The van der Waals surface area contributed by atoms with E-state index in [0.29, 0.717) is 18.1 Å². The summed E-state index contributed by atoms with van der Waals surface area (Å²) in [6.07, 6.45) is 8.07. The van der Waals surface area contributed by atoms with Gasteiger partial charge in [-0.3, -0.25) is 4.79 Å². The maximum atomic E-state index is 12.2. The number of nitrogens with zero attached hydrogens (tertiary/aromatic N) is 3. The smallest absolute Gasteiger partial charge is 0.372 e. The Morgan fingerprint density at radius 3 is 2.34 bits per heavy atom. The number of methoxy groups -OCH3 is 1. The zero-order chi connectivity index (χ0) is 32.3. The summed E-state index contributed by atoms with van der Waals surface area (Å²) in [6, 6.07) is 17.0. The van der Waals surface area contributed by atoms with E-state index in [1.807, 2.05) is 56.3 Å². The lowest BCUT2D eigenvalue weighted by Gasteiger charge is -2.31. The van der Waals surface area contributed by atoms with Gasteiger partial charge in [-0.1, -0.05) is 106 Å². The second kappa shape index (κ2) is 21.2. The second-order valence-corrected chi connectivity index (χ2v) is 12.0. The largest absolute Gasteiger partial charge is 0.416 e. The number of aryl methyl sites for hydroxylation is 2. The molecule has 0 aliphatic rings. The van der Waals surface area contributed by atoms with Gasteiger partial charge >= 0.3 is 5.30 Å². The van der Waals surface area contributed by atoms with Crippen molar-refractivity contribution in [3.63, 3.8) is 0 Å². The highest BCUT2D eigenvalue weighted by atomic mass is 35.5. The Morgan fingerprint density at radius 2 is 1.68 bits per heavy atom. The number of carbonyl (C=O) groups excluding carboxylic acids is 2. The number of benzene rings is 2. The van der Waals surface area contributed by atoms with Crippen LogP contribution in [0.25, 0.3) is 11.3 Å². The monoisotopic (exact) mass is 661 g/mol. The first-order valence-electron chi connectivity index (χ1n) is 15.2. The summed E-state index contributed by atoms with van der Waals surface area (Å²) in [5, 5.41) is 7.78. The van der Waals surface area contributed by atoms with Gasteiger partial charge in [0.15, 0.2) is 10.9 Å². The normalized spacial score (nSPS) is 11.3. The van der Waals surface area contributed by atoms with Crippen LogP contribution in [-0.4, -0.2) is 52.8 Å². The summed E-state index contributed by atoms with van der Waals surface area (Å²) >= 11 is 12.9. The fourth-order valence-electron chi connectivity index (χ4n) is 4.70. The number of unbranched alkanes of at least 4 members (excludes halogenated alkanes) is 5. The Kier molecular flexibility index (Phi) is 18.0. The molecular formula is C34H45Cl2N3O4S. The highest BCUT2D eigenvalue weighted by Crippen LogP contribution is 2.30. The fraction of sp³-hybridized carbons (Fsp3) is 0.471. The van der Waals surface area contributed by atoms with Gasteiger partial charge in [0.05, 0.1) is 18.3 Å². The molecule has 1 atom stereocenters. The van der Waals surface area contributed by atoms with Crippen molar-refractivity contribution in [2.75, 3.05) is 30.2 Å². The Balaban J connectivity index is 0.000000319. The van der Waals surface area contributed by atoms with Gasteiger partial charge in [0.1, 0.15) is 11.6 Å². The molecule has 0 saturated carbocycles. The molecule has 240 valence electrons. The van der Waals surface area contributed by atoms with Crippen LogP contribution < -0.4 is 9.64 Å². The molecule has 0 aliphatic carbocycles. The number of aromatic nitrogens is 2. The van der Waals surface area contributed by atoms with Gasteiger partial charge in [-0.2, -0.15) is 0 Å². The minimum atomic E-state index is -0.338. The van der Waals surface area contributed by atoms with E-state index in [0.717, 1.165) is 47.4 Å². The maximum Gasteiger partial charge on any atom is 0.372 e. The minimum absolute atomic E-state index is 0.0223. The number of carbonyl (C=O) groups is 2. The van der Waals surface area contributed by atoms with Crippen molar-refractivity contribution in [1.29, 1.82) is 0 Å². The van der Waals surface area contributed by atoms with Crippen LogP contribution in [0.2, 0.25) is 5.15 Å². The molecule has 0 bridgehead atoms. The lowest BCUT2D eigenvalue weighted by molar-refractivity contribution is -0.116. The molecule has 0 spiro atoms. The van der Waals surface area contributed by atoms with Gasteiger partial charge < -0.3 is 14.4 Å². The second-order valence-electron chi connectivity index (χ2n) is 10.4. The zero-order valence-electron chi connectivity index (χ0n) is 26.5. The lowest BCUT2D eigenvalue weighted by Crippen LogP contribution is -2.43. The number of anilines is 1. The average molecular weight is 663 g/mol. The van der Waals surface area contributed by atoms with Gasteiger partial charge in [-0.25, -0.2) is 4.79 Å². The number of para-hydroxylation sites is 1. The van der Waals surface area contributed by atoms with Gasteiger partial charge in [0.25, 0.3) is 0 Å². The summed E-state index contributed by atoms with van der Waals surface area (Å²) in [6.45, 7) is 8.76. The molecule has 0 N–H and O–H groups in total. The molecule has 2 aromatic carbocycles. The molecule has 44 heavy (non-hydrogen) atoms. The number of rotatable bonds is 15. The van der Waals surface area contributed by atoms with Crippen molar-refractivity contribution in [1.82, 2.24) is 10.2 Å². The van der Waals surface area contributed by atoms with Crippen molar-refractivity contribution in [3.05, 3.63) is 70.9 Å². The van der Waals surface area contributed by atoms with E-state index in [9.17, 15) is 9.59 Å². The van der Waals surface area contributed by atoms with E-state index in [-0.39, 0.29) is 28.3 Å². The number of hydrogen-bond donors (Lipinski definition) is 0. The van der Waals surface area contributed by atoms with Gasteiger partial charge in [0, 0.05) is 24.5 Å². The number of halogens is 2.